The van der Waals surface area contributed by atoms with Gasteiger partial charge in [-0.15, -0.1) is 10.2 Å². The molecule has 1 aromatic carbocycles. The molecular weight excluding hydrogens is 609 g/mol. The lowest BCUT2D eigenvalue weighted by Gasteiger charge is -2.38. The predicted molar refractivity (Wildman–Crippen MR) is 168 cm³/mol. The van der Waals surface area contributed by atoms with Crippen molar-refractivity contribution >= 4 is 41.1 Å². The first-order valence-corrected chi connectivity index (χ1v) is 16.2. The number of hydrogen-bond acceptors (Lipinski definition) is 11. The van der Waals surface area contributed by atoms with Gasteiger partial charge in [-0.1, -0.05) is 0 Å². The van der Waals surface area contributed by atoms with Gasteiger partial charge in [0.25, 0.3) is 11.8 Å². The SMILES string of the molecule is CC(C)(C)OC(=O)c1ccc(N2CCC(CCN3CCN(c4cc5c(cc4F)C(=O)N(C4CCC(=O)NC4=O)C5=O)CC3)CC2)nn1. The van der Waals surface area contributed by atoms with E-state index in [-0.39, 0.29) is 35.3 Å². The molecule has 0 spiro atoms. The number of esters is 1. The Hall–Kier alpha value is -4.46. The van der Waals surface area contributed by atoms with Crippen molar-refractivity contribution in [3.63, 3.8) is 0 Å². The monoisotopic (exact) mass is 649 g/mol. The minimum Gasteiger partial charge on any atom is -0.455 e. The third-order valence-electron chi connectivity index (χ3n) is 9.27. The van der Waals surface area contributed by atoms with Gasteiger partial charge >= 0.3 is 5.97 Å². The number of carbonyl (C=O) groups is 5. The van der Waals surface area contributed by atoms with Crippen molar-refractivity contribution in [3.8, 4) is 0 Å². The van der Waals surface area contributed by atoms with Gasteiger partial charge < -0.3 is 14.5 Å². The van der Waals surface area contributed by atoms with Gasteiger partial charge in [0.2, 0.25) is 11.8 Å². The summed E-state index contributed by atoms with van der Waals surface area (Å²) in [5.74, 6) is -2.25. The largest absolute Gasteiger partial charge is 0.455 e. The number of fused-ring (bicyclic) bond motifs is 1. The second kappa shape index (κ2) is 13.0. The van der Waals surface area contributed by atoms with Gasteiger partial charge in [-0.25, -0.2) is 9.18 Å². The van der Waals surface area contributed by atoms with Crippen LogP contribution >= 0.6 is 0 Å². The van der Waals surface area contributed by atoms with Crippen LogP contribution in [-0.2, 0) is 14.3 Å². The lowest BCUT2D eigenvalue weighted by Crippen LogP contribution is -2.54. The van der Waals surface area contributed by atoms with Crippen LogP contribution in [0.5, 0.6) is 0 Å². The van der Waals surface area contributed by atoms with E-state index in [0.29, 0.717) is 19.0 Å². The Labute approximate surface area is 272 Å². The number of anilines is 2. The molecule has 250 valence electrons. The molecule has 4 amide bonds. The normalized spacial score (nSPS) is 21.3. The third kappa shape index (κ3) is 6.97. The fourth-order valence-corrected chi connectivity index (χ4v) is 6.68. The number of aromatic nitrogens is 2. The van der Waals surface area contributed by atoms with Crippen molar-refractivity contribution in [3.05, 3.63) is 46.9 Å². The molecule has 14 heteroatoms. The van der Waals surface area contributed by atoms with Gasteiger partial charge in [0.05, 0.1) is 16.8 Å². The molecule has 1 atom stereocenters. The summed E-state index contributed by atoms with van der Waals surface area (Å²) < 4.78 is 20.7. The minimum absolute atomic E-state index is 0.0230. The Kier molecular flexibility index (Phi) is 8.97. The number of nitrogens with one attached hydrogen (secondary N) is 1. The maximum absolute atomic E-state index is 15.3. The summed E-state index contributed by atoms with van der Waals surface area (Å²) in [7, 11) is 0. The van der Waals surface area contributed by atoms with Crippen molar-refractivity contribution in [2.75, 3.05) is 55.6 Å². The average molecular weight is 650 g/mol. The molecule has 3 saturated heterocycles. The highest BCUT2D eigenvalue weighted by molar-refractivity contribution is 6.23. The number of amides is 4. The fourth-order valence-electron chi connectivity index (χ4n) is 6.68. The Bertz CT molecular complexity index is 1580. The lowest BCUT2D eigenvalue weighted by molar-refractivity contribution is -0.136. The quantitative estimate of drug-likeness (QED) is 0.349. The number of benzene rings is 1. The molecular formula is C33H40FN7O6. The number of halogens is 1. The van der Waals surface area contributed by atoms with Gasteiger partial charge in [-0.05, 0) is 83.2 Å². The summed E-state index contributed by atoms with van der Waals surface area (Å²) in [5, 5.41) is 10.5. The van der Waals surface area contributed by atoms with E-state index < -0.39 is 47.1 Å². The fraction of sp³-hybridized carbons (Fsp3) is 0.545. The summed E-state index contributed by atoms with van der Waals surface area (Å²) in [6.07, 6.45) is 3.18. The maximum Gasteiger partial charge on any atom is 0.359 e. The van der Waals surface area contributed by atoms with Gasteiger partial charge in [0.15, 0.2) is 11.5 Å². The van der Waals surface area contributed by atoms with Crippen LogP contribution in [0.4, 0.5) is 15.9 Å². The standard InChI is InChI=1S/C33H40FN7O6/c1-33(2,3)47-32(46)24-4-6-27(37-36-24)40-12-9-20(10-13-40)8-11-38-14-16-39(17-15-38)26-19-22-21(18-23(26)34)30(44)41(31(22)45)25-5-7-28(42)35-29(25)43/h4,6,18-20,25H,5,7-17H2,1-3H3,(H,35,42,43). The molecule has 1 unspecified atom stereocenters. The van der Waals surface area contributed by atoms with Crippen LogP contribution in [0.2, 0.25) is 0 Å². The number of piperazine rings is 1. The first-order chi connectivity index (χ1) is 22.4. The van der Waals surface area contributed by atoms with Gasteiger partial charge in [0.1, 0.15) is 17.5 Å². The molecule has 5 heterocycles. The van der Waals surface area contributed by atoms with Crippen LogP contribution in [0, 0.1) is 11.7 Å². The Morgan fingerprint density at radius 2 is 1.60 bits per heavy atom. The average Bonchev–Trinajstić information content (AvgIpc) is 3.27. The number of hydrogen-bond donors (Lipinski definition) is 1. The highest BCUT2D eigenvalue weighted by Crippen LogP contribution is 2.33. The van der Waals surface area contributed by atoms with Crippen molar-refractivity contribution in [1.29, 1.82) is 0 Å². The molecule has 0 bridgehead atoms. The Morgan fingerprint density at radius 3 is 2.21 bits per heavy atom. The van der Waals surface area contributed by atoms with Crippen molar-refractivity contribution in [2.24, 2.45) is 5.92 Å². The summed E-state index contributed by atoms with van der Waals surface area (Å²) in [6, 6.07) is 4.91. The number of carbonyl (C=O) groups excluding carboxylic acids is 5. The molecule has 0 radical (unpaired) electrons. The van der Waals surface area contributed by atoms with E-state index in [4.69, 9.17) is 4.74 Å². The van der Waals surface area contributed by atoms with E-state index in [0.717, 1.165) is 68.8 Å². The Balaban J connectivity index is 0.971. The summed E-state index contributed by atoms with van der Waals surface area (Å²) in [4.78, 5) is 69.7. The zero-order valence-corrected chi connectivity index (χ0v) is 27.0. The molecule has 47 heavy (non-hydrogen) atoms. The van der Waals surface area contributed by atoms with E-state index in [1.165, 1.54) is 6.07 Å². The molecule has 1 aromatic heterocycles. The van der Waals surface area contributed by atoms with Crippen LogP contribution < -0.4 is 15.1 Å². The molecule has 1 N–H and O–H groups in total. The van der Waals surface area contributed by atoms with Gasteiger partial charge in [0, 0.05) is 45.7 Å². The van der Waals surface area contributed by atoms with E-state index in [1.807, 2.05) is 31.7 Å². The van der Waals surface area contributed by atoms with Crippen molar-refractivity contribution in [1.82, 2.24) is 25.3 Å². The molecule has 13 nitrogen and oxygen atoms in total. The summed E-state index contributed by atoms with van der Waals surface area (Å²) in [6.45, 7) is 10.7. The van der Waals surface area contributed by atoms with E-state index in [9.17, 15) is 24.0 Å². The topological polar surface area (TPSA) is 145 Å². The second-order valence-corrected chi connectivity index (χ2v) is 13.6. The van der Waals surface area contributed by atoms with Gasteiger partial charge in [-0.3, -0.25) is 34.3 Å². The number of rotatable bonds is 7. The van der Waals surface area contributed by atoms with E-state index >= 15 is 4.39 Å². The third-order valence-corrected chi connectivity index (χ3v) is 9.27. The number of nitrogens with zero attached hydrogens (tertiary/aromatic N) is 6. The van der Waals surface area contributed by atoms with Crippen molar-refractivity contribution < 1.29 is 33.1 Å². The van der Waals surface area contributed by atoms with E-state index in [2.05, 4.69) is 25.3 Å². The molecule has 4 aliphatic rings. The zero-order valence-electron chi connectivity index (χ0n) is 27.0. The zero-order chi connectivity index (χ0) is 33.5. The highest BCUT2D eigenvalue weighted by atomic mass is 19.1. The molecule has 0 saturated carbocycles. The number of ether oxygens (including phenoxy) is 1. The van der Waals surface area contributed by atoms with Crippen LogP contribution in [0.3, 0.4) is 0 Å². The number of piperidine rings is 2. The summed E-state index contributed by atoms with van der Waals surface area (Å²) in [5.41, 5.74) is -0.116. The van der Waals surface area contributed by atoms with Crippen LogP contribution in [0.1, 0.15) is 84.1 Å². The lowest BCUT2D eigenvalue weighted by atomic mass is 9.93. The summed E-state index contributed by atoms with van der Waals surface area (Å²) >= 11 is 0. The molecule has 2 aromatic rings. The van der Waals surface area contributed by atoms with E-state index in [1.54, 1.807) is 6.07 Å². The molecule has 6 rings (SSSR count). The maximum atomic E-state index is 15.3. The first kappa shape index (κ1) is 32.5. The smallest absolute Gasteiger partial charge is 0.359 e. The minimum atomic E-state index is -1.09. The predicted octanol–water partition coefficient (Wildman–Crippen LogP) is 2.40. The first-order valence-electron chi connectivity index (χ1n) is 16.2. The van der Waals surface area contributed by atoms with Crippen molar-refractivity contribution in [2.45, 2.75) is 64.5 Å². The van der Waals surface area contributed by atoms with Gasteiger partial charge in [-0.2, -0.15) is 0 Å². The highest BCUT2D eigenvalue weighted by Gasteiger charge is 2.45. The van der Waals surface area contributed by atoms with Crippen LogP contribution in [-0.4, -0.2) is 107 Å². The molecule has 4 aliphatic heterocycles. The molecule has 0 aliphatic carbocycles. The van der Waals surface area contributed by atoms with Crippen LogP contribution in [0.15, 0.2) is 24.3 Å². The Morgan fingerprint density at radius 1 is 0.915 bits per heavy atom. The molecule has 3 fully saturated rings. The second-order valence-electron chi connectivity index (χ2n) is 13.6. The number of imide groups is 2. The van der Waals surface area contributed by atoms with Crippen LogP contribution in [0.25, 0.3) is 0 Å².